The largest absolute Gasteiger partial charge is 0.477 e. The third-order valence-electron chi connectivity index (χ3n) is 5.45. The Labute approximate surface area is 174 Å². The molecule has 0 bridgehead atoms. The van der Waals surface area contributed by atoms with Crippen molar-refractivity contribution in [2.45, 2.75) is 33.6 Å². The lowest BCUT2D eigenvalue weighted by Crippen LogP contribution is -2.32. The summed E-state index contributed by atoms with van der Waals surface area (Å²) >= 11 is 1.37. The van der Waals surface area contributed by atoms with Gasteiger partial charge in [-0.15, -0.1) is 11.3 Å². The van der Waals surface area contributed by atoms with Gasteiger partial charge in [-0.2, -0.15) is 0 Å². The van der Waals surface area contributed by atoms with E-state index in [1.54, 1.807) is 0 Å². The number of rotatable bonds is 5. The summed E-state index contributed by atoms with van der Waals surface area (Å²) in [4.78, 5) is 25.2. The molecule has 2 aromatic heterocycles. The standard InChI is InChI=1S/C22H26N4O2S/c1-4-28-21-18-15(3)19(29-22(18)24-13-23-21)20(27)25-16-5-7-17(8-6-16)26-11-9-14(2)10-12-26/h5-8,13-14H,4,9-12H2,1-3H3,(H,25,27). The first-order valence-electron chi connectivity index (χ1n) is 10.1. The molecule has 1 N–H and O–H groups in total. The Morgan fingerprint density at radius 2 is 1.97 bits per heavy atom. The number of nitrogens with one attached hydrogen (secondary N) is 1. The normalized spacial score (nSPS) is 14.9. The Morgan fingerprint density at radius 3 is 2.66 bits per heavy atom. The zero-order valence-corrected chi connectivity index (χ0v) is 17.9. The Hall–Kier alpha value is -2.67. The van der Waals surface area contributed by atoms with E-state index < -0.39 is 0 Å². The molecule has 6 nitrogen and oxygen atoms in total. The number of fused-ring (bicyclic) bond motifs is 1. The number of hydrogen-bond donors (Lipinski definition) is 1. The number of amides is 1. The maximum atomic E-state index is 12.9. The van der Waals surface area contributed by atoms with Crippen molar-refractivity contribution >= 4 is 38.8 Å². The van der Waals surface area contributed by atoms with Crippen molar-refractivity contribution in [2.75, 3.05) is 29.9 Å². The number of piperidine rings is 1. The van der Waals surface area contributed by atoms with Crippen LogP contribution in [-0.2, 0) is 0 Å². The lowest BCUT2D eigenvalue weighted by atomic mass is 9.99. The topological polar surface area (TPSA) is 67.3 Å². The van der Waals surface area contributed by atoms with E-state index in [2.05, 4.69) is 39.2 Å². The molecular weight excluding hydrogens is 384 g/mol. The van der Waals surface area contributed by atoms with Crippen LogP contribution in [0.15, 0.2) is 30.6 Å². The molecule has 0 atom stereocenters. The number of benzene rings is 1. The van der Waals surface area contributed by atoms with E-state index >= 15 is 0 Å². The number of aromatic nitrogens is 2. The molecule has 1 aliphatic heterocycles. The highest BCUT2D eigenvalue weighted by molar-refractivity contribution is 7.20. The van der Waals surface area contributed by atoms with E-state index in [-0.39, 0.29) is 5.91 Å². The van der Waals surface area contributed by atoms with Crippen LogP contribution in [0, 0.1) is 12.8 Å². The molecule has 0 unspecified atom stereocenters. The van der Waals surface area contributed by atoms with Crippen molar-refractivity contribution in [3.05, 3.63) is 41.0 Å². The van der Waals surface area contributed by atoms with Crippen molar-refractivity contribution < 1.29 is 9.53 Å². The van der Waals surface area contributed by atoms with Crippen LogP contribution >= 0.6 is 11.3 Å². The Balaban J connectivity index is 1.51. The van der Waals surface area contributed by atoms with Gasteiger partial charge in [0.2, 0.25) is 5.88 Å². The van der Waals surface area contributed by atoms with E-state index in [1.165, 1.54) is 36.2 Å². The molecule has 1 aliphatic rings. The van der Waals surface area contributed by atoms with Gasteiger partial charge in [0.1, 0.15) is 11.2 Å². The second kappa shape index (κ2) is 8.37. The Kier molecular flexibility index (Phi) is 5.67. The van der Waals surface area contributed by atoms with E-state index in [4.69, 9.17) is 4.74 Å². The van der Waals surface area contributed by atoms with Crippen molar-refractivity contribution in [1.82, 2.24) is 9.97 Å². The smallest absolute Gasteiger partial charge is 0.266 e. The highest BCUT2D eigenvalue weighted by Crippen LogP contribution is 2.35. The van der Waals surface area contributed by atoms with E-state index in [1.807, 2.05) is 26.0 Å². The lowest BCUT2D eigenvalue weighted by Gasteiger charge is -2.32. The summed E-state index contributed by atoms with van der Waals surface area (Å²) in [5.41, 5.74) is 2.85. The number of anilines is 2. The van der Waals surface area contributed by atoms with Crippen LogP contribution in [0.5, 0.6) is 5.88 Å². The van der Waals surface area contributed by atoms with Gasteiger partial charge in [-0.1, -0.05) is 6.92 Å². The summed E-state index contributed by atoms with van der Waals surface area (Å²) in [6.07, 6.45) is 3.94. The fraction of sp³-hybridized carbons (Fsp3) is 0.409. The number of ether oxygens (including phenoxy) is 1. The predicted molar refractivity (Wildman–Crippen MR) is 118 cm³/mol. The maximum absolute atomic E-state index is 12.9. The summed E-state index contributed by atoms with van der Waals surface area (Å²) in [7, 11) is 0. The van der Waals surface area contributed by atoms with Crippen molar-refractivity contribution in [3.63, 3.8) is 0 Å². The quantitative estimate of drug-likeness (QED) is 0.649. The minimum atomic E-state index is -0.132. The predicted octanol–water partition coefficient (Wildman–Crippen LogP) is 4.89. The van der Waals surface area contributed by atoms with Crippen molar-refractivity contribution in [3.8, 4) is 5.88 Å². The molecule has 1 aromatic carbocycles. The van der Waals surface area contributed by atoms with Crippen LogP contribution in [0.3, 0.4) is 0 Å². The molecule has 29 heavy (non-hydrogen) atoms. The van der Waals surface area contributed by atoms with Crippen LogP contribution in [0.4, 0.5) is 11.4 Å². The number of thiophene rings is 1. The maximum Gasteiger partial charge on any atom is 0.266 e. The first-order chi connectivity index (χ1) is 14.1. The average molecular weight is 411 g/mol. The molecule has 0 aliphatic carbocycles. The second-order valence-corrected chi connectivity index (χ2v) is 8.52. The van der Waals surface area contributed by atoms with E-state index in [9.17, 15) is 4.79 Å². The number of aryl methyl sites for hydroxylation is 1. The fourth-order valence-electron chi connectivity index (χ4n) is 3.71. The molecule has 0 radical (unpaired) electrons. The van der Waals surface area contributed by atoms with Crippen LogP contribution in [-0.4, -0.2) is 35.6 Å². The van der Waals surface area contributed by atoms with Gasteiger partial charge in [0.15, 0.2) is 0 Å². The number of hydrogen-bond acceptors (Lipinski definition) is 6. The van der Waals surface area contributed by atoms with E-state index in [0.717, 1.165) is 40.5 Å². The minimum absolute atomic E-state index is 0.132. The lowest BCUT2D eigenvalue weighted by molar-refractivity contribution is 0.103. The number of carbonyl (C=O) groups is 1. The van der Waals surface area contributed by atoms with Crippen LogP contribution in [0.2, 0.25) is 0 Å². The first-order valence-corrected chi connectivity index (χ1v) is 10.9. The monoisotopic (exact) mass is 410 g/mol. The molecule has 0 saturated carbocycles. The SMILES string of the molecule is CCOc1ncnc2sc(C(=O)Nc3ccc(N4CCC(C)CC4)cc3)c(C)c12. The van der Waals surface area contributed by atoms with Gasteiger partial charge in [-0.05, 0) is 62.4 Å². The molecule has 0 spiro atoms. The summed E-state index contributed by atoms with van der Waals surface area (Å²) in [5.74, 6) is 1.21. The summed E-state index contributed by atoms with van der Waals surface area (Å²) in [5, 5.41) is 3.83. The highest BCUT2D eigenvalue weighted by atomic mass is 32.1. The summed E-state index contributed by atoms with van der Waals surface area (Å²) in [6.45, 7) is 8.85. The zero-order chi connectivity index (χ0) is 20.4. The van der Waals surface area contributed by atoms with Gasteiger partial charge in [-0.25, -0.2) is 9.97 Å². The summed E-state index contributed by atoms with van der Waals surface area (Å²) < 4.78 is 5.61. The second-order valence-electron chi connectivity index (χ2n) is 7.52. The van der Waals surface area contributed by atoms with Gasteiger partial charge >= 0.3 is 0 Å². The average Bonchev–Trinajstić information content (AvgIpc) is 3.07. The van der Waals surface area contributed by atoms with Crippen molar-refractivity contribution in [2.24, 2.45) is 5.92 Å². The molecule has 4 rings (SSSR count). The molecule has 152 valence electrons. The van der Waals surface area contributed by atoms with Crippen LogP contribution < -0.4 is 15.0 Å². The zero-order valence-electron chi connectivity index (χ0n) is 17.1. The summed E-state index contributed by atoms with van der Waals surface area (Å²) in [6, 6.07) is 8.11. The third kappa shape index (κ3) is 4.05. The third-order valence-corrected chi connectivity index (χ3v) is 6.65. The highest BCUT2D eigenvalue weighted by Gasteiger charge is 2.20. The molecule has 1 saturated heterocycles. The molecular formula is C22H26N4O2S. The Bertz CT molecular complexity index is 1010. The van der Waals surface area contributed by atoms with Gasteiger partial charge < -0.3 is 15.0 Å². The van der Waals surface area contributed by atoms with Crippen molar-refractivity contribution in [1.29, 1.82) is 0 Å². The van der Waals surface area contributed by atoms with Crippen LogP contribution in [0.25, 0.3) is 10.2 Å². The molecule has 3 heterocycles. The number of nitrogens with zero attached hydrogens (tertiary/aromatic N) is 3. The molecule has 1 amide bonds. The van der Waals surface area contributed by atoms with Crippen LogP contribution in [0.1, 0.15) is 41.9 Å². The van der Waals surface area contributed by atoms with Gasteiger partial charge in [0.05, 0.1) is 16.9 Å². The molecule has 3 aromatic rings. The first kappa shape index (κ1) is 19.6. The number of carbonyl (C=O) groups excluding carboxylic acids is 1. The molecule has 7 heteroatoms. The van der Waals surface area contributed by atoms with E-state index in [0.29, 0.717) is 17.4 Å². The molecule has 1 fully saturated rings. The van der Waals surface area contributed by atoms with Gasteiger partial charge in [-0.3, -0.25) is 4.79 Å². The van der Waals surface area contributed by atoms with Gasteiger partial charge in [0.25, 0.3) is 5.91 Å². The fourth-order valence-corrected chi connectivity index (χ4v) is 4.75. The van der Waals surface area contributed by atoms with Gasteiger partial charge in [0, 0.05) is 24.5 Å². The minimum Gasteiger partial charge on any atom is -0.477 e. The Morgan fingerprint density at radius 1 is 1.24 bits per heavy atom.